The number of benzene rings is 2. The van der Waals surface area contributed by atoms with Gasteiger partial charge >= 0.3 is 0 Å². The number of halogens is 1. The highest BCUT2D eigenvalue weighted by Crippen LogP contribution is 2.29. The summed E-state index contributed by atoms with van der Waals surface area (Å²) in [5.74, 6) is 2.70. The zero-order chi connectivity index (χ0) is 21.1. The third-order valence-electron chi connectivity index (χ3n) is 4.25. The maximum Gasteiger partial charge on any atom is 0.191 e. The fourth-order valence-corrected chi connectivity index (χ4v) is 2.69. The van der Waals surface area contributed by atoms with Crippen molar-refractivity contribution >= 4 is 29.9 Å². The van der Waals surface area contributed by atoms with E-state index < -0.39 is 6.10 Å². The van der Waals surface area contributed by atoms with Crippen LogP contribution in [0.1, 0.15) is 24.2 Å². The van der Waals surface area contributed by atoms with Gasteiger partial charge in [0.2, 0.25) is 0 Å². The van der Waals surface area contributed by atoms with Crippen molar-refractivity contribution in [1.29, 1.82) is 0 Å². The topological polar surface area (TPSA) is 84.3 Å². The Morgan fingerprint density at radius 1 is 1.03 bits per heavy atom. The number of aliphatic hydroxyl groups excluding tert-OH is 1. The lowest BCUT2D eigenvalue weighted by atomic mass is 10.1. The minimum atomic E-state index is -0.820. The highest BCUT2D eigenvalue weighted by Gasteiger charge is 2.14. The van der Waals surface area contributed by atoms with Crippen LogP contribution in [0.25, 0.3) is 0 Å². The molecule has 0 radical (unpaired) electrons. The fraction of sp³-hybridized carbons (Fsp3) is 0.409. The maximum atomic E-state index is 10.6. The summed E-state index contributed by atoms with van der Waals surface area (Å²) in [6.07, 6.45) is -0.820. The number of aliphatic imine (C=N–C) groups is 1. The third-order valence-corrected chi connectivity index (χ3v) is 4.25. The summed E-state index contributed by atoms with van der Waals surface area (Å²) < 4.78 is 16.3. The lowest BCUT2D eigenvalue weighted by Gasteiger charge is -2.16. The van der Waals surface area contributed by atoms with Crippen LogP contribution in [0.2, 0.25) is 0 Å². The normalized spacial score (nSPS) is 11.8. The Morgan fingerprint density at radius 2 is 1.73 bits per heavy atom. The Bertz CT molecular complexity index is 784. The number of guanidine groups is 1. The largest absolute Gasteiger partial charge is 0.497 e. The van der Waals surface area contributed by atoms with Gasteiger partial charge in [-0.1, -0.05) is 17.7 Å². The molecule has 30 heavy (non-hydrogen) atoms. The van der Waals surface area contributed by atoms with E-state index in [0.717, 1.165) is 5.75 Å². The predicted octanol–water partition coefficient (Wildman–Crippen LogP) is 3.30. The van der Waals surface area contributed by atoms with Gasteiger partial charge in [0.25, 0.3) is 0 Å². The number of methoxy groups -OCH3 is 2. The second-order valence-electron chi connectivity index (χ2n) is 6.43. The average molecular weight is 529 g/mol. The van der Waals surface area contributed by atoms with Crippen molar-refractivity contribution < 1.29 is 19.3 Å². The van der Waals surface area contributed by atoms with E-state index in [1.807, 2.05) is 38.1 Å². The van der Waals surface area contributed by atoms with E-state index in [2.05, 4.69) is 15.6 Å². The molecule has 0 spiro atoms. The van der Waals surface area contributed by atoms with Gasteiger partial charge < -0.3 is 30.0 Å². The van der Waals surface area contributed by atoms with Crippen molar-refractivity contribution in [2.24, 2.45) is 4.99 Å². The molecule has 1 atom stereocenters. The van der Waals surface area contributed by atoms with E-state index in [9.17, 15) is 5.11 Å². The number of nitrogens with zero attached hydrogens (tertiary/aromatic N) is 1. The molecule has 0 amide bonds. The predicted molar refractivity (Wildman–Crippen MR) is 131 cm³/mol. The van der Waals surface area contributed by atoms with E-state index in [1.165, 1.54) is 5.56 Å². The van der Waals surface area contributed by atoms with Crippen LogP contribution in [0.5, 0.6) is 17.2 Å². The van der Waals surface area contributed by atoms with Crippen LogP contribution in [0.4, 0.5) is 0 Å². The smallest absolute Gasteiger partial charge is 0.191 e. The maximum absolute atomic E-state index is 10.6. The first kappa shape index (κ1) is 25.8. The lowest BCUT2D eigenvalue weighted by molar-refractivity contribution is 0.182. The number of ether oxygens (including phenoxy) is 3. The van der Waals surface area contributed by atoms with Gasteiger partial charge in [-0.05, 0) is 44.2 Å². The minimum Gasteiger partial charge on any atom is -0.497 e. The van der Waals surface area contributed by atoms with E-state index in [-0.39, 0.29) is 30.5 Å². The van der Waals surface area contributed by atoms with E-state index in [0.29, 0.717) is 42.7 Å². The molecule has 0 aliphatic carbocycles. The van der Waals surface area contributed by atoms with Crippen LogP contribution in [0.15, 0.2) is 47.5 Å². The third kappa shape index (κ3) is 8.27. The van der Waals surface area contributed by atoms with Gasteiger partial charge in [-0.2, -0.15) is 0 Å². The molecule has 1 unspecified atom stereocenters. The van der Waals surface area contributed by atoms with Gasteiger partial charge in [0.05, 0.1) is 27.3 Å². The Balaban J connectivity index is 0.00000450. The Morgan fingerprint density at radius 3 is 2.37 bits per heavy atom. The molecule has 0 saturated carbocycles. The molecule has 0 aromatic heterocycles. The van der Waals surface area contributed by atoms with Gasteiger partial charge in [-0.3, -0.25) is 4.99 Å². The van der Waals surface area contributed by atoms with E-state index in [1.54, 1.807) is 32.4 Å². The van der Waals surface area contributed by atoms with Crippen LogP contribution < -0.4 is 24.8 Å². The second kappa shape index (κ2) is 13.9. The van der Waals surface area contributed by atoms with Gasteiger partial charge in [-0.25, -0.2) is 0 Å². The number of hydrogen-bond donors (Lipinski definition) is 3. The first-order chi connectivity index (χ1) is 14.1. The first-order valence-corrected chi connectivity index (χ1v) is 9.69. The van der Waals surface area contributed by atoms with Crippen molar-refractivity contribution in [3.05, 3.63) is 53.6 Å². The van der Waals surface area contributed by atoms with Gasteiger partial charge in [0.15, 0.2) is 5.96 Å². The van der Waals surface area contributed by atoms with Crippen molar-refractivity contribution in [2.45, 2.75) is 20.0 Å². The van der Waals surface area contributed by atoms with Crippen molar-refractivity contribution in [3.8, 4) is 17.2 Å². The number of nitrogens with one attached hydrogen (secondary N) is 2. The Hall–Kier alpha value is -2.20. The standard InChI is InChI=1S/C22H31N3O4.HI/c1-5-23-22(24-12-13-29-17-8-6-16(2)7-9-17)25-15-20(26)19-14-18(27-3)10-11-21(19)28-4;/h6-11,14,20,26H,5,12-13,15H2,1-4H3,(H2,23,24,25);1H. The van der Waals surface area contributed by atoms with Crippen LogP contribution in [0, 0.1) is 6.92 Å². The molecule has 0 bridgehead atoms. The van der Waals surface area contributed by atoms with Crippen LogP contribution in [0.3, 0.4) is 0 Å². The molecule has 2 rings (SSSR count). The molecule has 7 nitrogen and oxygen atoms in total. The van der Waals surface area contributed by atoms with Crippen molar-refractivity contribution in [3.63, 3.8) is 0 Å². The minimum absolute atomic E-state index is 0. The number of aliphatic hydroxyl groups is 1. The van der Waals surface area contributed by atoms with Gasteiger partial charge in [0.1, 0.15) is 30.0 Å². The highest BCUT2D eigenvalue weighted by atomic mass is 127. The van der Waals surface area contributed by atoms with Crippen LogP contribution in [-0.4, -0.2) is 51.5 Å². The zero-order valence-electron chi connectivity index (χ0n) is 18.0. The first-order valence-electron chi connectivity index (χ1n) is 9.69. The Kier molecular flexibility index (Phi) is 12.0. The molecule has 8 heteroatoms. The Labute approximate surface area is 195 Å². The van der Waals surface area contributed by atoms with E-state index >= 15 is 0 Å². The summed E-state index contributed by atoms with van der Waals surface area (Å²) in [4.78, 5) is 4.47. The SMILES string of the molecule is CCNC(=NCC(O)c1cc(OC)ccc1OC)NCCOc1ccc(C)cc1.I. The molecule has 0 aliphatic rings. The molecule has 2 aromatic carbocycles. The highest BCUT2D eigenvalue weighted by molar-refractivity contribution is 14.0. The molecule has 166 valence electrons. The van der Waals surface area contributed by atoms with Gasteiger partial charge in [0, 0.05) is 12.1 Å². The van der Waals surface area contributed by atoms with Crippen LogP contribution >= 0.6 is 24.0 Å². The second-order valence-corrected chi connectivity index (χ2v) is 6.43. The fourth-order valence-electron chi connectivity index (χ4n) is 2.69. The number of aryl methyl sites for hydroxylation is 1. The van der Waals surface area contributed by atoms with E-state index in [4.69, 9.17) is 14.2 Å². The van der Waals surface area contributed by atoms with Gasteiger partial charge in [-0.15, -0.1) is 24.0 Å². The summed E-state index contributed by atoms with van der Waals surface area (Å²) in [5, 5.41) is 17.0. The lowest BCUT2D eigenvalue weighted by Crippen LogP contribution is -2.39. The molecule has 0 fully saturated rings. The molecular formula is C22H32IN3O4. The number of rotatable bonds is 10. The average Bonchev–Trinajstić information content (AvgIpc) is 2.75. The number of hydrogen-bond acceptors (Lipinski definition) is 5. The van der Waals surface area contributed by atoms with Crippen molar-refractivity contribution in [2.75, 3.05) is 40.5 Å². The molecule has 0 saturated heterocycles. The zero-order valence-corrected chi connectivity index (χ0v) is 20.3. The molecule has 3 N–H and O–H groups in total. The monoisotopic (exact) mass is 529 g/mol. The summed E-state index contributed by atoms with van der Waals surface area (Å²) in [6.45, 7) is 6.00. The summed E-state index contributed by atoms with van der Waals surface area (Å²) in [5.41, 5.74) is 1.83. The molecule has 0 heterocycles. The van der Waals surface area contributed by atoms with Crippen molar-refractivity contribution in [1.82, 2.24) is 10.6 Å². The summed E-state index contributed by atoms with van der Waals surface area (Å²) in [6, 6.07) is 13.3. The summed E-state index contributed by atoms with van der Waals surface area (Å²) in [7, 11) is 3.16. The summed E-state index contributed by atoms with van der Waals surface area (Å²) >= 11 is 0. The van der Waals surface area contributed by atoms with Crippen LogP contribution in [-0.2, 0) is 0 Å². The quantitative estimate of drug-likeness (QED) is 0.190. The molecular weight excluding hydrogens is 497 g/mol. The molecule has 0 aliphatic heterocycles. The molecule has 2 aromatic rings.